The van der Waals surface area contributed by atoms with Gasteiger partial charge < -0.3 is 14.8 Å². The van der Waals surface area contributed by atoms with Crippen molar-refractivity contribution in [3.8, 4) is 11.5 Å². The highest BCUT2D eigenvalue weighted by Crippen LogP contribution is 2.35. The van der Waals surface area contributed by atoms with E-state index in [1.807, 2.05) is 0 Å². The van der Waals surface area contributed by atoms with E-state index in [2.05, 4.69) is 0 Å². The number of fused-ring (bicyclic) bond motifs is 1. The van der Waals surface area contributed by atoms with Gasteiger partial charge in [-0.2, -0.15) is 8.78 Å². The van der Waals surface area contributed by atoms with Crippen LogP contribution in [-0.4, -0.2) is 25.0 Å². The summed E-state index contributed by atoms with van der Waals surface area (Å²) in [7, 11) is 0. The number of nitrogens with one attached hydrogen (secondary N) is 1. The average molecular weight is 279 g/mol. The molecule has 19 heavy (non-hydrogen) atoms. The van der Waals surface area contributed by atoms with Gasteiger partial charge in [-0.05, 0) is 6.07 Å². The van der Waals surface area contributed by atoms with Gasteiger partial charge in [-0.15, -0.1) is 0 Å². The van der Waals surface area contributed by atoms with Crippen LogP contribution in [0.2, 0.25) is 0 Å². The Morgan fingerprint density at radius 1 is 1.37 bits per heavy atom. The fourth-order valence-corrected chi connectivity index (χ4v) is 1.52. The van der Waals surface area contributed by atoms with Crippen molar-refractivity contribution >= 4 is 5.91 Å². The summed E-state index contributed by atoms with van der Waals surface area (Å²) < 4.78 is 59.4. The molecule has 1 heterocycles. The van der Waals surface area contributed by atoms with E-state index in [1.54, 1.807) is 17.4 Å². The summed E-state index contributed by atoms with van der Waals surface area (Å²) in [4.78, 5) is 11.0. The van der Waals surface area contributed by atoms with E-state index in [4.69, 9.17) is 9.47 Å². The molecular weight excluding hydrogens is 270 g/mol. The predicted molar refractivity (Wildman–Crippen MR) is 55.4 cm³/mol. The molecule has 4 nitrogen and oxygen atoms in total. The summed E-state index contributed by atoms with van der Waals surface area (Å²) in [5, 5.41) is 1.75. The number of alkyl halides is 4. The van der Waals surface area contributed by atoms with Gasteiger partial charge >= 0.3 is 12.3 Å². The molecular formula is C11H9F4NO3. The van der Waals surface area contributed by atoms with Crippen LogP contribution in [0.25, 0.3) is 0 Å². The molecule has 0 unspecified atom stereocenters. The molecule has 1 aromatic carbocycles. The van der Waals surface area contributed by atoms with E-state index in [1.165, 1.54) is 6.07 Å². The third-order valence-electron chi connectivity index (χ3n) is 2.49. The van der Waals surface area contributed by atoms with Crippen molar-refractivity contribution in [1.29, 1.82) is 0 Å². The standard InChI is InChI=1S/C11H9F4NO3/c12-9(13)11(14,15)10(17)16-4-6-2-1-3-7-8(6)19-5-18-7/h1-3,9H,4-5H2,(H,16,17). The van der Waals surface area contributed by atoms with Crippen molar-refractivity contribution in [2.45, 2.75) is 18.9 Å². The van der Waals surface area contributed by atoms with Crippen LogP contribution >= 0.6 is 0 Å². The lowest BCUT2D eigenvalue weighted by Gasteiger charge is -2.15. The van der Waals surface area contributed by atoms with Gasteiger partial charge in [0.2, 0.25) is 6.79 Å². The number of para-hydroxylation sites is 1. The van der Waals surface area contributed by atoms with E-state index < -0.39 is 18.3 Å². The minimum absolute atomic E-state index is 0.0204. The summed E-state index contributed by atoms with van der Waals surface area (Å²) in [6.45, 7) is -0.374. The molecule has 0 spiro atoms. The molecule has 0 aromatic heterocycles. The number of ether oxygens (including phenoxy) is 2. The highest BCUT2D eigenvalue weighted by Gasteiger charge is 2.48. The predicted octanol–water partition coefficient (Wildman–Crippen LogP) is 1.93. The zero-order chi connectivity index (χ0) is 14.0. The molecule has 1 aromatic rings. The second-order valence-electron chi connectivity index (χ2n) is 3.76. The molecule has 1 amide bonds. The first-order valence-electron chi connectivity index (χ1n) is 5.24. The third kappa shape index (κ3) is 2.56. The number of rotatable bonds is 4. The summed E-state index contributed by atoms with van der Waals surface area (Å²) in [5.41, 5.74) is 0.369. The normalized spacial score (nSPS) is 13.7. The van der Waals surface area contributed by atoms with Gasteiger partial charge in [-0.3, -0.25) is 4.79 Å². The SMILES string of the molecule is O=C(NCc1cccc2c1OCO2)C(F)(F)C(F)F. The maximum absolute atomic E-state index is 12.7. The smallest absolute Gasteiger partial charge is 0.383 e. The molecule has 0 radical (unpaired) electrons. The van der Waals surface area contributed by atoms with Crippen molar-refractivity contribution in [3.63, 3.8) is 0 Å². The van der Waals surface area contributed by atoms with Crippen molar-refractivity contribution in [2.24, 2.45) is 0 Å². The Balaban J connectivity index is 2.04. The van der Waals surface area contributed by atoms with Crippen molar-refractivity contribution < 1.29 is 31.8 Å². The zero-order valence-electron chi connectivity index (χ0n) is 9.46. The summed E-state index contributed by atoms with van der Waals surface area (Å²) in [5.74, 6) is -6.02. The van der Waals surface area contributed by atoms with Crippen LogP contribution in [0, 0.1) is 0 Å². The quantitative estimate of drug-likeness (QED) is 0.857. The first-order chi connectivity index (χ1) is 8.93. The molecule has 0 saturated carbocycles. The van der Waals surface area contributed by atoms with Gasteiger partial charge in [0.1, 0.15) is 0 Å². The third-order valence-corrected chi connectivity index (χ3v) is 2.49. The van der Waals surface area contributed by atoms with Gasteiger partial charge in [0.05, 0.1) is 0 Å². The zero-order valence-corrected chi connectivity index (χ0v) is 9.46. The first-order valence-corrected chi connectivity index (χ1v) is 5.24. The Kier molecular flexibility index (Phi) is 3.50. The topological polar surface area (TPSA) is 47.6 Å². The van der Waals surface area contributed by atoms with Crippen LogP contribution in [0.5, 0.6) is 11.5 Å². The maximum atomic E-state index is 12.7. The molecule has 0 bridgehead atoms. The van der Waals surface area contributed by atoms with Crippen LogP contribution in [0.1, 0.15) is 5.56 Å². The largest absolute Gasteiger partial charge is 0.454 e. The summed E-state index contributed by atoms with van der Waals surface area (Å²) in [6.07, 6.45) is -4.05. The Bertz CT molecular complexity index is 493. The van der Waals surface area contributed by atoms with Crippen LogP contribution in [0.4, 0.5) is 17.6 Å². The minimum atomic E-state index is -4.71. The number of halogens is 4. The number of hydrogen-bond acceptors (Lipinski definition) is 3. The fourth-order valence-electron chi connectivity index (χ4n) is 1.52. The monoisotopic (exact) mass is 279 g/mol. The van der Waals surface area contributed by atoms with Crippen molar-refractivity contribution in [2.75, 3.05) is 6.79 Å². The van der Waals surface area contributed by atoms with Crippen molar-refractivity contribution in [3.05, 3.63) is 23.8 Å². The molecule has 8 heteroatoms. The lowest BCUT2D eigenvalue weighted by molar-refractivity contribution is -0.169. The van der Waals surface area contributed by atoms with Crippen LogP contribution in [0.15, 0.2) is 18.2 Å². The molecule has 0 atom stereocenters. The van der Waals surface area contributed by atoms with E-state index in [-0.39, 0.29) is 13.3 Å². The Hall–Kier alpha value is -1.99. The second-order valence-corrected chi connectivity index (χ2v) is 3.76. The van der Waals surface area contributed by atoms with E-state index in [9.17, 15) is 22.4 Å². The van der Waals surface area contributed by atoms with Gasteiger partial charge in [0, 0.05) is 12.1 Å². The lowest BCUT2D eigenvalue weighted by Crippen LogP contribution is -2.44. The summed E-state index contributed by atoms with van der Waals surface area (Å²) in [6, 6.07) is 4.68. The molecule has 1 N–H and O–H groups in total. The molecule has 104 valence electrons. The lowest BCUT2D eigenvalue weighted by atomic mass is 10.2. The number of benzene rings is 1. The highest BCUT2D eigenvalue weighted by atomic mass is 19.3. The van der Waals surface area contributed by atoms with Gasteiger partial charge in [-0.1, -0.05) is 12.1 Å². The van der Waals surface area contributed by atoms with Gasteiger partial charge in [0.25, 0.3) is 5.91 Å². The Morgan fingerprint density at radius 2 is 2.11 bits per heavy atom. The van der Waals surface area contributed by atoms with E-state index in [0.29, 0.717) is 17.1 Å². The van der Waals surface area contributed by atoms with Crippen LogP contribution < -0.4 is 14.8 Å². The molecule has 0 saturated heterocycles. The van der Waals surface area contributed by atoms with E-state index >= 15 is 0 Å². The van der Waals surface area contributed by atoms with Gasteiger partial charge in [0.15, 0.2) is 11.5 Å². The number of carbonyl (C=O) groups is 1. The molecule has 2 rings (SSSR count). The average Bonchev–Trinajstić information content (AvgIpc) is 2.84. The molecule has 1 aliphatic heterocycles. The van der Waals surface area contributed by atoms with Crippen molar-refractivity contribution in [1.82, 2.24) is 5.32 Å². The Labute approximate surface area is 105 Å². The second kappa shape index (κ2) is 4.94. The summed E-state index contributed by atoms with van der Waals surface area (Å²) >= 11 is 0. The minimum Gasteiger partial charge on any atom is -0.454 e. The van der Waals surface area contributed by atoms with Crippen LogP contribution in [-0.2, 0) is 11.3 Å². The van der Waals surface area contributed by atoms with Gasteiger partial charge in [-0.25, -0.2) is 8.78 Å². The number of amides is 1. The molecule has 0 aliphatic carbocycles. The van der Waals surface area contributed by atoms with E-state index in [0.717, 1.165) is 0 Å². The number of hydrogen-bond donors (Lipinski definition) is 1. The fraction of sp³-hybridized carbons (Fsp3) is 0.364. The first kappa shape index (κ1) is 13.4. The molecule has 0 fully saturated rings. The Morgan fingerprint density at radius 3 is 2.79 bits per heavy atom. The van der Waals surface area contributed by atoms with Crippen LogP contribution in [0.3, 0.4) is 0 Å². The maximum Gasteiger partial charge on any atom is 0.383 e. The number of carbonyl (C=O) groups excluding carboxylic acids is 1. The molecule has 1 aliphatic rings. The highest BCUT2D eigenvalue weighted by molar-refractivity contribution is 5.83.